The first-order valence-electron chi connectivity index (χ1n) is 11.5. The number of hydrogen-bond acceptors (Lipinski definition) is 6. The fraction of sp³-hybridized carbons (Fsp3) is 0.320. The quantitative estimate of drug-likeness (QED) is 0.341. The van der Waals surface area contributed by atoms with Gasteiger partial charge in [0, 0.05) is 54.3 Å². The fourth-order valence-electron chi connectivity index (χ4n) is 4.58. The molecule has 1 aromatic carbocycles. The van der Waals surface area contributed by atoms with Crippen molar-refractivity contribution in [1.82, 2.24) is 24.5 Å². The molecule has 0 amide bonds. The van der Waals surface area contributed by atoms with Crippen molar-refractivity contribution >= 4 is 36.5 Å². The molecule has 5 rings (SSSR count). The summed E-state index contributed by atoms with van der Waals surface area (Å²) in [6.07, 6.45) is 10.00. The number of thioether (sulfide) groups is 1. The number of benzene rings is 1. The van der Waals surface area contributed by atoms with Crippen molar-refractivity contribution in [2.24, 2.45) is 0 Å². The van der Waals surface area contributed by atoms with E-state index < -0.39 is 0 Å². The molecule has 4 aromatic rings. The molecule has 0 saturated carbocycles. The Balaban J connectivity index is 1.31. The highest BCUT2D eigenvalue weighted by Crippen LogP contribution is 2.30. The highest BCUT2D eigenvalue weighted by molar-refractivity contribution is 7.98. The highest BCUT2D eigenvalue weighted by atomic mass is 32.2. The van der Waals surface area contributed by atoms with E-state index in [1.807, 2.05) is 34.7 Å². The molecule has 0 spiro atoms. The van der Waals surface area contributed by atoms with Crippen LogP contribution in [0.1, 0.15) is 35.6 Å². The number of nitrogens with one attached hydrogen (secondary N) is 1. The van der Waals surface area contributed by atoms with Gasteiger partial charge in [0.25, 0.3) is 0 Å². The molecule has 0 atom stereocenters. The Kier molecular flexibility index (Phi) is 6.64. The zero-order valence-electron chi connectivity index (χ0n) is 19.2. The average molecular weight is 456 g/mol. The van der Waals surface area contributed by atoms with Crippen LogP contribution in [0.25, 0.3) is 5.65 Å². The summed E-state index contributed by atoms with van der Waals surface area (Å²) in [4.78, 5) is 13.2. The van der Waals surface area contributed by atoms with E-state index in [9.17, 15) is 0 Å². The van der Waals surface area contributed by atoms with Crippen LogP contribution in [0.5, 0.6) is 0 Å². The van der Waals surface area contributed by atoms with Crippen LogP contribution in [0.15, 0.2) is 66.0 Å². The number of piperidine rings is 1. The third kappa shape index (κ3) is 4.92. The van der Waals surface area contributed by atoms with Gasteiger partial charge in [-0.05, 0) is 60.9 Å². The van der Waals surface area contributed by atoms with Crippen molar-refractivity contribution in [3.8, 4) is 0 Å². The van der Waals surface area contributed by atoms with Crippen LogP contribution in [0, 0.1) is 0 Å². The summed E-state index contributed by atoms with van der Waals surface area (Å²) in [5.41, 5.74) is 5.79. The van der Waals surface area contributed by atoms with E-state index in [-0.39, 0.29) is 0 Å². The average Bonchev–Trinajstić information content (AvgIpc) is 3.24. The van der Waals surface area contributed by atoms with Gasteiger partial charge >= 0.3 is 0 Å². The minimum Gasteiger partial charge on any atom is -0.366 e. The summed E-state index contributed by atoms with van der Waals surface area (Å²) in [7, 11) is 2.08. The second-order valence-electron chi connectivity index (χ2n) is 8.71. The molecule has 0 bridgehead atoms. The van der Waals surface area contributed by atoms with Crippen molar-refractivity contribution in [3.63, 3.8) is 0 Å². The van der Waals surface area contributed by atoms with Gasteiger partial charge in [0.05, 0.1) is 0 Å². The fourth-order valence-corrected chi connectivity index (χ4v) is 5.19. The lowest BCUT2D eigenvalue weighted by molar-refractivity contribution is 0.202. The number of likely N-dealkylation sites (tertiary alicyclic amines) is 1. The largest absolute Gasteiger partial charge is 0.366 e. The molecule has 1 saturated heterocycles. The molecule has 1 N–H and O–H groups in total. The van der Waals surface area contributed by atoms with Crippen LogP contribution in [0.3, 0.4) is 0 Å². The van der Waals surface area contributed by atoms with Crippen LogP contribution < -0.4 is 10.8 Å². The molecule has 0 unspecified atom stereocenters. The van der Waals surface area contributed by atoms with Gasteiger partial charge in [0.1, 0.15) is 13.7 Å². The molecule has 8 heteroatoms. The van der Waals surface area contributed by atoms with Gasteiger partial charge in [-0.25, -0.2) is 4.98 Å². The SMILES string of the molecule is Bc1cnn2c(NCc3cccnc3)cc(C3CCN(Cc4ccccc4SC)CC3)nc12. The minimum absolute atomic E-state index is 0.468. The topological polar surface area (TPSA) is 58.4 Å². The maximum Gasteiger partial charge on any atom is 0.151 e. The molecule has 0 radical (unpaired) electrons. The number of aromatic nitrogens is 4. The number of fused-ring (bicyclic) bond motifs is 1. The third-order valence-corrected chi connectivity index (χ3v) is 7.29. The van der Waals surface area contributed by atoms with Crippen molar-refractivity contribution in [3.05, 3.63) is 77.9 Å². The van der Waals surface area contributed by atoms with E-state index in [4.69, 9.17) is 4.98 Å². The van der Waals surface area contributed by atoms with Crippen LogP contribution in [0.2, 0.25) is 0 Å². The Bertz CT molecular complexity index is 1220. The second-order valence-corrected chi connectivity index (χ2v) is 9.55. The standard InChI is InChI=1S/C25H29BN6S/c1-33-23-7-3-2-6-20(23)17-31-11-8-19(9-12-31)22-13-24(28-15-18-5-4-10-27-14-18)32-25(30-22)21(26)16-29-32/h2-7,10,13-14,16,19,28H,8-9,11-12,15,17,26H2,1H3. The number of rotatable bonds is 7. The summed E-state index contributed by atoms with van der Waals surface area (Å²) in [6, 6.07) is 15.0. The van der Waals surface area contributed by atoms with Gasteiger partial charge in [-0.2, -0.15) is 9.61 Å². The summed E-state index contributed by atoms with van der Waals surface area (Å²) in [6.45, 7) is 3.92. The molecule has 3 aromatic heterocycles. The second kappa shape index (κ2) is 9.97. The van der Waals surface area contributed by atoms with Crippen LogP contribution >= 0.6 is 11.8 Å². The van der Waals surface area contributed by atoms with E-state index in [0.717, 1.165) is 55.0 Å². The molecule has 0 aliphatic carbocycles. The minimum atomic E-state index is 0.468. The van der Waals surface area contributed by atoms with E-state index in [1.54, 1.807) is 6.20 Å². The zero-order valence-corrected chi connectivity index (χ0v) is 20.1. The van der Waals surface area contributed by atoms with Gasteiger partial charge in [-0.15, -0.1) is 11.8 Å². The van der Waals surface area contributed by atoms with E-state index in [1.165, 1.54) is 16.2 Å². The lowest BCUT2D eigenvalue weighted by Gasteiger charge is -2.32. The van der Waals surface area contributed by atoms with Crippen molar-refractivity contribution in [2.45, 2.75) is 36.7 Å². The van der Waals surface area contributed by atoms with Gasteiger partial charge in [-0.1, -0.05) is 24.3 Å². The Morgan fingerprint density at radius 2 is 1.97 bits per heavy atom. The smallest absolute Gasteiger partial charge is 0.151 e. The van der Waals surface area contributed by atoms with Gasteiger partial charge in [-0.3, -0.25) is 9.88 Å². The van der Waals surface area contributed by atoms with Crippen molar-refractivity contribution in [1.29, 1.82) is 0 Å². The van der Waals surface area contributed by atoms with E-state index >= 15 is 0 Å². The van der Waals surface area contributed by atoms with Crippen LogP contribution in [0.4, 0.5) is 5.82 Å². The monoisotopic (exact) mass is 456 g/mol. The molecule has 4 heterocycles. The Morgan fingerprint density at radius 1 is 1.12 bits per heavy atom. The lowest BCUT2D eigenvalue weighted by atomic mass is 9.92. The molecule has 6 nitrogen and oxygen atoms in total. The van der Waals surface area contributed by atoms with Gasteiger partial charge < -0.3 is 5.32 Å². The summed E-state index contributed by atoms with van der Waals surface area (Å²) in [5, 5.41) is 8.12. The highest BCUT2D eigenvalue weighted by Gasteiger charge is 2.24. The lowest BCUT2D eigenvalue weighted by Crippen LogP contribution is -2.33. The predicted octanol–water partition coefficient (Wildman–Crippen LogP) is 3.10. The van der Waals surface area contributed by atoms with Crippen molar-refractivity contribution in [2.75, 3.05) is 24.7 Å². The molecular weight excluding hydrogens is 427 g/mol. The summed E-state index contributed by atoms with van der Waals surface area (Å²) in [5.74, 6) is 1.46. The maximum atomic E-state index is 5.04. The first-order valence-corrected chi connectivity index (χ1v) is 12.8. The molecule has 33 heavy (non-hydrogen) atoms. The van der Waals surface area contributed by atoms with Crippen molar-refractivity contribution < 1.29 is 0 Å². The Morgan fingerprint density at radius 3 is 2.76 bits per heavy atom. The Labute approximate surface area is 200 Å². The van der Waals surface area contributed by atoms with Gasteiger partial charge in [0.2, 0.25) is 0 Å². The third-order valence-electron chi connectivity index (χ3n) is 6.46. The molecule has 1 aliphatic rings. The van der Waals surface area contributed by atoms with Crippen LogP contribution in [-0.2, 0) is 13.1 Å². The molecule has 1 aliphatic heterocycles. The van der Waals surface area contributed by atoms with Crippen LogP contribution in [-0.4, -0.2) is 51.7 Å². The van der Waals surface area contributed by atoms with E-state index in [2.05, 4.69) is 70.8 Å². The molecule has 168 valence electrons. The normalized spacial score (nSPS) is 15.2. The van der Waals surface area contributed by atoms with Gasteiger partial charge in [0.15, 0.2) is 5.65 Å². The van der Waals surface area contributed by atoms with E-state index in [0.29, 0.717) is 12.5 Å². The predicted molar refractivity (Wildman–Crippen MR) is 138 cm³/mol. The number of nitrogens with zero attached hydrogens (tertiary/aromatic N) is 5. The number of pyridine rings is 1. The molecular formula is C25H29BN6S. The number of hydrogen-bond donors (Lipinski definition) is 1. The summed E-state index contributed by atoms with van der Waals surface area (Å²) >= 11 is 1.83. The zero-order chi connectivity index (χ0) is 22.6. The first kappa shape index (κ1) is 22.0. The maximum absolute atomic E-state index is 5.04. The first-order chi connectivity index (χ1) is 16.2. The summed E-state index contributed by atoms with van der Waals surface area (Å²) < 4.78 is 1.92. The Hall–Kier alpha value is -2.84. The number of anilines is 1. The molecule has 1 fully saturated rings.